The van der Waals surface area contributed by atoms with Gasteiger partial charge in [0.15, 0.2) is 0 Å². The molecule has 0 aliphatic rings. The Labute approximate surface area is 112 Å². The van der Waals surface area contributed by atoms with Gasteiger partial charge in [0.25, 0.3) is 0 Å². The van der Waals surface area contributed by atoms with Crippen LogP contribution in [-0.4, -0.2) is 35.7 Å². The minimum Gasteiger partial charge on any atom is -0.497 e. The number of aliphatic hydroxyl groups is 1. The predicted octanol–water partition coefficient (Wildman–Crippen LogP) is 1.48. The fraction of sp³-hybridized carbons (Fsp3) is 0.357. The fourth-order valence-corrected chi connectivity index (χ4v) is 2.00. The van der Waals surface area contributed by atoms with Crippen molar-refractivity contribution in [3.63, 3.8) is 0 Å². The number of ether oxygens (including phenoxy) is 2. The first kappa shape index (κ1) is 13.4. The Kier molecular flexibility index (Phi) is 4.41. The molecule has 19 heavy (non-hydrogen) atoms. The Morgan fingerprint density at radius 1 is 1.26 bits per heavy atom. The largest absolute Gasteiger partial charge is 0.497 e. The quantitative estimate of drug-likeness (QED) is 0.856. The van der Waals surface area contributed by atoms with E-state index in [9.17, 15) is 0 Å². The Hall–Kier alpha value is -2.01. The molecule has 1 N–H and O–H groups in total. The summed E-state index contributed by atoms with van der Waals surface area (Å²) in [7, 11) is 3.26. The molecule has 1 heterocycles. The molecule has 0 unspecified atom stereocenters. The van der Waals surface area contributed by atoms with E-state index in [0.29, 0.717) is 18.8 Å². The smallest absolute Gasteiger partial charge is 0.215 e. The van der Waals surface area contributed by atoms with Crippen LogP contribution in [0.15, 0.2) is 30.5 Å². The van der Waals surface area contributed by atoms with Crippen molar-refractivity contribution < 1.29 is 14.6 Å². The fourth-order valence-electron chi connectivity index (χ4n) is 2.00. The molecule has 0 fully saturated rings. The summed E-state index contributed by atoms with van der Waals surface area (Å²) in [4.78, 5) is 0. The summed E-state index contributed by atoms with van der Waals surface area (Å²) < 4.78 is 12.3. The Balaban J connectivity index is 2.22. The van der Waals surface area contributed by atoms with Gasteiger partial charge >= 0.3 is 0 Å². The number of hydrogen-bond donors (Lipinski definition) is 1. The maximum Gasteiger partial charge on any atom is 0.215 e. The van der Waals surface area contributed by atoms with Crippen LogP contribution in [0.3, 0.4) is 0 Å². The van der Waals surface area contributed by atoms with Gasteiger partial charge in [-0.25, -0.2) is 4.68 Å². The zero-order valence-electron chi connectivity index (χ0n) is 11.2. The lowest BCUT2D eigenvalue weighted by Crippen LogP contribution is -2.05. The molecule has 0 aliphatic carbocycles. The number of hydrogen-bond acceptors (Lipinski definition) is 4. The number of nitrogens with zero attached hydrogens (tertiary/aromatic N) is 2. The number of aliphatic hydroxyl groups excluding tert-OH is 1. The lowest BCUT2D eigenvalue weighted by atomic mass is 10.2. The highest BCUT2D eigenvalue weighted by molar-refractivity contribution is 5.30. The number of rotatable bonds is 6. The summed E-state index contributed by atoms with van der Waals surface area (Å²) >= 11 is 0. The highest BCUT2D eigenvalue weighted by Crippen LogP contribution is 2.21. The molecule has 0 aliphatic heterocycles. The van der Waals surface area contributed by atoms with Crippen LogP contribution < -0.4 is 9.47 Å². The van der Waals surface area contributed by atoms with Crippen molar-refractivity contribution in [2.75, 3.05) is 20.8 Å². The summed E-state index contributed by atoms with van der Waals surface area (Å²) in [5.74, 6) is 1.51. The lowest BCUT2D eigenvalue weighted by Gasteiger charge is -2.09. The van der Waals surface area contributed by atoms with Crippen LogP contribution in [0, 0.1) is 0 Å². The van der Waals surface area contributed by atoms with E-state index in [2.05, 4.69) is 5.10 Å². The molecule has 102 valence electrons. The number of methoxy groups -OCH3 is 2. The molecule has 0 saturated carbocycles. The zero-order valence-corrected chi connectivity index (χ0v) is 11.2. The Morgan fingerprint density at radius 3 is 2.79 bits per heavy atom. The third-order valence-corrected chi connectivity index (χ3v) is 2.90. The molecule has 2 rings (SSSR count). The van der Waals surface area contributed by atoms with Crippen LogP contribution in [0.2, 0.25) is 0 Å². The van der Waals surface area contributed by atoms with E-state index >= 15 is 0 Å². The van der Waals surface area contributed by atoms with Crippen LogP contribution in [0.25, 0.3) is 0 Å². The van der Waals surface area contributed by atoms with Crippen LogP contribution in [0.5, 0.6) is 11.6 Å². The molecular formula is C14H18N2O3. The van der Waals surface area contributed by atoms with Crippen LogP contribution in [-0.2, 0) is 13.0 Å². The molecule has 5 nitrogen and oxygen atoms in total. The second kappa shape index (κ2) is 6.24. The summed E-state index contributed by atoms with van der Waals surface area (Å²) in [6.07, 6.45) is 2.27. The normalized spacial score (nSPS) is 10.5. The summed E-state index contributed by atoms with van der Waals surface area (Å²) in [5, 5.41) is 13.3. The number of benzene rings is 1. The van der Waals surface area contributed by atoms with Crippen molar-refractivity contribution >= 4 is 0 Å². The minimum atomic E-state index is 0.0845. The van der Waals surface area contributed by atoms with E-state index in [1.807, 2.05) is 24.3 Å². The molecule has 0 spiro atoms. The monoisotopic (exact) mass is 262 g/mol. The van der Waals surface area contributed by atoms with Gasteiger partial charge in [0.05, 0.1) is 27.0 Å². The maximum atomic E-state index is 9.00. The first-order chi connectivity index (χ1) is 9.28. The predicted molar refractivity (Wildman–Crippen MR) is 71.7 cm³/mol. The van der Waals surface area contributed by atoms with Gasteiger partial charge in [-0.3, -0.25) is 0 Å². The highest BCUT2D eigenvalue weighted by atomic mass is 16.5. The van der Waals surface area contributed by atoms with Crippen LogP contribution in [0.4, 0.5) is 0 Å². The Morgan fingerprint density at radius 2 is 2.11 bits per heavy atom. The van der Waals surface area contributed by atoms with Gasteiger partial charge in [-0.1, -0.05) is 12.1 Å². The molecule has 1 aromatic carbocycles. The van der Waals surface area contributed by atoms with E-state index in [0.717, 1.165) is 16.9 Å². The van der Waals surface area contributed by atoms with E-state index in [-0.39, 0.29) is 6.61 Å². The molecular weight excluding hydrogens is 244 g/mol. The zero-order chi connectivity index (χ0) is 13.7. The van der Waals surface area contributed by atoms with E-state index in [1.54, 1.807) is 25.1 Å². The molecule has 0 amide bonds. The minimum absolute atomic E-state index is 0.0845. The maximum absolute atomic E-state index is 9.00. The lowest BCUT2D eigenvalue weighted by molar-refractivity contribution is 0.295. The van der Waals surface area contributed by atoms with Gasteiger partial charge in [0.1, 0.15) is 5.75 Å². The average Bonchev–Trinajstić information content (AvgIpc) is 2.81. The van der Waals surface area contributed by atoms with Crippen molar-refractivity contribution in [2.45, 2.75) is 13.0 Å². The van der Waals surface area contributed by atoms with Crippen molar-refractivity contribution in [2.24, 2.45) is 0 Å². The highest BCUT2D eigenvalue weighted by Gasteiger charge is 2.11. The molecule has 5 heteroatoms. The first-order valence-electron chi connectivity index (χ1n) is 6.11. The van der Waals surface area contributed by atoms with Crippen LogP contribution in [0.1, 0.15) is 11.1 Å². The third-order valence-electron chi connectivity index (χ3n) is 2.90. The second-order valence-electron chi connectivity index (χ2n) is 4.16. The molecule has 0 bridgehead atoms. The summed E-state index contributed by atoms with van der Waals surface area (Å²) in [6.45, 7) is 0.688. The van der Waals surface area contributed by atoms with Crippen molar-refractivity contribution in [1.82, 2.24) is 9.78 Å². The van der Waals surface area contributed by atoms with E-state index < -0.39 is 0 Å². The SMILES string of the molecule is COc1cccc(Cn2ncc(CCO)c2OC)c1. The average molecular weight is 262 g/mol. The summed E-state index contributed by atoms with van der Waals surface area (Å²) in [6, 6.07) is 7.82. The van der Waals surface area contributed by atoms with Crippen molar-refractivity contribution in [3.8, 4) is 11.6 Å². The molecule has 0 saturated heterocycles. The van der Waals surface area contributed by atoms with Crippen molar-refractivity contribution in [1.29, 1.82) is 0 Å². The molecule has 2 aromatic rings. The molecule has 1 aromatic heterocycles. The van der Waals surface area contributed by atoms with E-state index in [1.165, 1.54) is 0 Å². The van der Waals surface area contributed by atoms with E-state index in [4.69, 9.17) is 14.6 Å². The molecule has 0 radical (unpaired) electrons. The number of aromatic nitrogens is 2. The van der Waals surface area contributed by atoms with Gasteiger partial charge in [0, 0.05) is 18.6 Å². The van der Waals surface area contributed by atoms with Gasteiger partial charge in [-0.05, 0) is 17.7 Å². The van der Waals surface area contributed by atoms with Gasteiger partial charge in [-0.15, -0.1) is 0 Å². The van der Waals surface area contributed by atoms with Crippen LogP contribution >= 0.6 is 0 Å². The first-order valence-corrected chi connectivity index (χ1v) is 6.11. The topological polar surface area (TPSA) is 56.5 Å². The van der Waals surface area contributed by atoms with Gasteiger partial charge in [-0.2, -0.15) is 5.10 Å². The van der Waals surface area contributed by atoms with Gasteiger partial charge in [0.2, 0.25) is 5.88 Å². The summed E-state index contributed by atoms with van der Waals surface area (Å²) in [5.41, 5.74) is 1.99. The molecule has 0 atom stereocenters. The standard InChI is InChI=1S/C14H18N2O3/c1-18-13-5-3-4-11(8-13)10-16-14(19-2)12(6-7-17)9-15-16/h3-5,8-9,17H,6-7,10H2,1-2H3. The van der Waals surface area contributed by atoms with Crippen molar-refractivity contribution in [3.05, 3.63) is 41.6 Å². The van der Waals surface area contributed by atoms with Gasteiger partial charge < -0.3 is 14.6 Å². The Bertz CT molecular complexity index is 537. The third kappa shape index (κ3) is 3.06. The second-order valence-corrected chi connectivity index (χ2v) is 4.16.